The zero-order chi connectivity index (χ0) is 33.0. The van der Waals surface area contributed by atoms with E-state index >= 15 is 0 Å². The molecule has 0 saturated carbocycles. The van der Waals surface area contributed by atoms with Gasteiger partial charge in [-0.2, -0.15) is 0 Å². The van der Waals surface area contributed by atoms with Crippen molar-refractivity contribution in [2.75, 3.05) is 0 Å². The molecule has 236 valence electrons. The average Bonchev–Trinajstić information content (AvgIpc) is 3.77. The molecule has 0 fully saturated rings. The molecule has 0 aliphatic carbocycles. The second-order valence-corrected chi connectivity index (χ2v) is 13.6. The molecule has 10 rings (SSSR count). The second-order valence-electron chi connectivity index (χ2n) is 12.6. The summed E-state index contributed by atoms with van der Waals surface area (Å²) in [5.74, 6) is 1.48. The van der Waals surface area contributed by atoms with Crippen molar-refractivity contribution in [1.82, 2.24) is 5.32 Å². The van der Waals surface area contributed by atoms with E-state index in [0.717, 1.165) is 61.2 Å². The molecular weight excluding hydrogens is 631 g/mol. The minimum absolute atomic E-state index is 0.380. The number of nitrogens with zero attached hydrogens (tertiary/aromatic N) is 2. The van der Waals surface area contributed by atoms with E-state index in [2.05, 4.69) is 139 Å². The molecule has 7 aromatic carbocycles. The maximum Gasteiger partial charge on any atom is 0.159 e. The zero-order valence-corrected chi connectivity index (χ0v) is 27.7. The molecule has 2 aromatic heterocycles. The molecular formula is C45H29N3OS. The van der Waals surface area contributed by atoms with Crippen LogP contribution in [0.25, 0.3) is 64.4 Å². The van der Waals surface area contributed by atoms with Crippen LogP contribution in [0.5, 0.6) is 0 Å². The van der Waals surface area contributed by atoms with Gasteiger partial charge in [0.1, 0.15) is 23.2 Å². The minimum Gasteiger partial charge on any atom is -0.456 e. The normalized spacial score (nSPS) is 14.6. The van der Waals surface area contributed by atoms with Gasteiger partial charge in [0.25, 0.3) is 0 Å². The summed E-state index contributed by atoms with van der Waals surface area (Å²) in [6.45, 7) is 0. The van der Waals surface area contributed by atoms with E-state index in [9.17, 15) is 0 Å². The second kappa shape index (κ2) is 11.7. The van der Waals surface area contributed by atoms with Gasteiger partial charge in [-0.05, 0) is 52.6 Å². The number of rotatable bonds is 5. The number of fused-ring (bicyclic) bond motifs is 6. The molecule has 1 unspecified atom stereocenters. The van der Waals surface area contributed by atoms with Crippen LogP contribution in [0, 0.1) is 0 Å². The lowest BCUT2D eigenvalue weighted by Crippen LogP contribution is -2.33. The van der Waals surface area contributed by atoms with Gasteiger partial charge in [0.05, 0.1) is 0 Å². The monoisotopic (exact) mass is 659 g/mol. The van der Waals surface area contributed by atoms with Crippen molar-refractivity contribution in [3.63, 3.8) is 0 Å². The third-order valence-electron chi connectivity index (χ3n) is 9.56. The fourth-order valence-corrected chi connectivity index (χ4v) is 8.41. The molecule has 5 heteroatoms. The van der Waals surface area contributed by atoms with Gasteiger partial charge in [0.15, 0.2) is 5.84 Å². The van der Waals surface area contributed by atoms with Gasteiger partial charge in [0, 0.05) is 47.6 Å². The Hall–Kier alpha value is -6.30. The third kappa shape index (κ3) is 4.82. The van der Waals surface area contributed by atoms with Crippen LogP contribution in [0.3, 0.4) is 0 Å². The average molecular weight is 660 g/mol. The molecule has 1 N–H and O–H groups in total. The molecule has 0 spiro atoms. The van der Waals surface area contributed by atoms with Gasteiger partial charge in [-0.15, -0.1) is 11.3 Å². The minimum atomic E-state index is -0.380. The summed E-state index contributed by atoms with van der Waals surface area (Å²) < 4.78 is 9.20. The van der Waals surface area contributed by atoms with Crippen molar-refractivity contribution >= 4 is 65.1 Å². The molecule has 4 nitrogen and oxygen atoms in total. The zero-order valence-electron chi connectivity index (χ0n) is 26.9. The molecule has 1 atom stereocenters. The summed E-state index contributed by atoms with van der Waals surface area (Å²) in [6.07, 6.45) is -0.380. The first-order chi connectivity index (χ1) is 24.8. The molecule has 0 amide bonds. The van der Waals surface area contributed by atoms with E-state index in [1.165, 1.54) is 25.7 Å². The Morgan fingerprint density at radius 1 is 0.520 bits per heavy atom. The molecule has 0 bridgehead atoms. The summed E-state index contributed by atoms with van der Waals surface area (Å²) in [5.41, 5.74) is 9.37. The van der Waals surface area contributed by atoms with Gasteiger partial charge < -0.3 is 9.73 Å². The van der Waals surface area contributed by atoms with Gasteiger partial charge in [-0.1, -0.05) is 133 Å². The summed E-state index contributed by atoms with van der Waals surface area (Å²) in [7, 11) is 0. The van der Waals surface area contributed by atoms with Crippen LogP contribution in [-0.2, 0) is 0 Å². The largest absolute Gasteiger partial charge is 0.456 e. The third-order valence-corrected chi connectivity index (χ3v) is 10.8. The highest BCUT2D eigenvalue weighted by atomic mass is 32.1. The highest BCUT2D eigenvalue weighted by molar-refractivity contribution is 7.26. The van der Waals surface area contributed by atoms with Crippen molar-refractivity contribution in [1.29, 1.82) is 0 Å². The first kappa shape index (κ1) is 28.7. The van der Waals surface area contributed by atoms with E-state index in [1.807, 2.05) is 41.7 Å². The van der Waals surface area contributed by atoms with Crippen molar-refractivity contribution in [3.05, 3.63) is 180 Å². The number of benzene rings is 7. The first-order valence-electron chi connectivity index (χ1n) is 16.8. The van der Waals surface area contributed by atoms with Crippen LogP contribution in [0.15, 0.2) is 178 Å². The maximum atomic E-state index is 6.60. The molecule has 9 aromatic rings. The van der Waals surface area contributed by atoms with E-state index in [4.69, 9.17) is 14.4 Å². The van der Waals surface area contributed by atoms with Crippen molar-refractivity contribution in [2.45, 2.75) is 6.17 Å². The number of hydrogen-bond donors (Lipinski definition) is 1. The van der Waals surface area contributed by atoms with E-state index < -0.39 is 0 Å². The fraction of sp³-hybridized carbons (Fsp3) is 0.0222. The number of furan rings is 1. The Morgan fingerprint density at radius 2 is 1.24 bits per heavy atom. The molecule has 1 aliphatic rings. The van der Waals surface area contributed by atoms with Crippen LogP contribution < -0.4 is 5.32 Å². The lowest BCUT2D eigenvalue weighted by Gasteiger charge is -2.24. The van der Waals surface area contributed by atoms with Crippen molar-refractivity contribution in [3.8, 4) is 22.3 Å². The molecule has 3 heterocycles. The Kier molecular flexibility index (Phi) is 6.71. The van der Waals surface area contributed by atoms with Gasteiger partial charge in [0.2, 0.25) is 0 Å². The standard InChI is InChI=1S/C45H29N3OS/c1-3-12-28(13-4-1)30-16-9-17-32(26-30)44-46-43(29-14-5-2-6-15-29)47-45(48-44)37-21-11-22-38-41(37)36-25-24-31(27-39(36)49-38)33-19-10-20-35-34-18-7-8-23-40(34)50-42(33)35/h1-27,45H,(H,46,47,48). The fourth-order valence-electron chi connectivity index (χ4n) is 7.17. The van der Waals surface area contributed by atoms with E-state index in [-0.39, 0.29) is 6.17 Å². The van der Waals surface area contributed by atoms with Crippen molar-refractivity contribution < 1.29 is 4.42 Å². The smallest absolute Gasteiger partial charge is 0.159 e. The summed E-state index contributed by atoms with van der Waals surface area (Å²) in [4.78, 5) is 10.3. The topological polar surface area (TPSA) is 49.9 Å². The number of nitrogens with one attached hydrogen (secondary N) is 1. The van der Waals surface area contributed by atoms with E-state index in [1.54, 1.807) is 0 Å². The number of aliphatic imine (C=N–C) groups is 2. The van der Waals surface area contributed by atoms with Crippen LogP contribution >= 0.6 is 11.3 Å². The van der Waals surface area contributed by atoms with Gasteiger partial charge in [-0.3, -0.25) is 0 Å². The Balaban J connectivity index is 1.09. The quantitative estimate of drug-likeness (QED) is 0.200. The Labute approximate surface area is 292 Å². The number of hydrogen-bond acceptors (Lipinski definition) is 5. The number of thiophene rings is 1. The van der Waals surface area contributed by atoms with Crippen LogP contribution in [0.4, 0.5) is 0 Å². The molecule has 1 aliphatic heterocycles. The summed E-state index contributed by atoms with van der Waals surface area (Å²) in [5, 5.41) is 8.42. The highest BCUT2D eigenvalue weighted by Gasteiger charge is 2.25. The number of amidine groups is 2. The Bertz CT molecular complexity index is 2790. The lowest BCUT2D eigenvalue weighted by atomic mass is 9.99. The summed E-state index contributed by atoms with van der Waals surface area (Å²) in [6, 6.07) is 57.3. The predicted molar refractivity (Wildman–Crippen MR) is 209 cm³/mol. The Morgan fingerprint density at radius 3 is 2.12 bits per heavy atom. The molecule has 0 radical (unpaired) electrons. The molecule has 50 heavy (non-hydrogen) atoms. The van der Waals surface area contributed by atoms with Crippen LogP contribution in [0.1, 0.15) is 22.9 Å². The summed E-state index contributed by atoms with van der Waals surface area (Å²) >= 11 is 1.85. The predicted octanol–water partition coefficient (Wildman–Crippen LogP) is 11.8. The van der Waals surface area contributed by atoms with E-state index in [0.29, 0.717) is 5.84 Å². The lowest BCUT2D eigenvalue weighted by molar-refractivity contribution is 0.662. The van der Waals surface area contributed by atoms with Gasteiger partial charge >= 0.3 is 0 Å². The molecule has 0 saturated heterocycles. The SMILES string of the molecule is c1ccc(C2=NC(c3cccc4oc5cc(-c6cccc7c6sc6ccccc67)ccc5c34)NC(c3cccc(-c4ccccc4)c3)=N2)cc1. The van der Waals surface area contributed by atoms with Crippen LogP contribution in [0.2, 0.25) is 0 Å². The maximum absolute atomic E-state index is 6.60. The first-order valence-corrected chi connectivity index (χ1v) is 17.6. The highest BCUT2D eigenvalue weighted by Crippen LogP contribution is 2.42. The van der Waals surface area contributed by atoms with Crippen molar-refractivity contribution in [2.24, 2.45) is 9.98 Å². The van der Waals surface area contributed by atoms with Gasteiger partial charge in [-0.25, -0.2) is 9.98 Å². The van der Waals surface area contributed by atoms with Crippen LogP contribution in [-0.4, -0.2) is 11.7 Å².